The smallest absolute Gasteiger partial charge is 0.319 e. The van der Waals surface area contributed by atoms with E-state index in [0.717, 1.165) is 74.1 Å². The number of aromatic hydroxyl groups is 1. The van der Waals surface area contributed by atoms with E-state index in [4.69, 9.17) is 20.4 Å². The Hall–Kier alpha value is -4.49. The maximum atomic E-state index is 16.9. The molecule has 0 spiro atoms. The second kappa shape index (κ2) is 12.1. The number of carbonyl (C=O) groups is 2. The minimum atomic E-state index is -0.582. The van der Waals surface area contributed by atoms with Gasteiger partial charge >= 0.3 is 6.01 Å². The summed E-state index contributed by atoms with van der Waals surface area (Å²) in [6.07, 6.45) is 6.08. The number of benzene rings is 3. The summed E-state index contributed by atoms with van der Waals surface area (Å²) in [6.45, 7) is 3.58. The molecule has 6 heterocycles. The molecule has 13 heteroatoms. The number of aliphatic imine (C=N–C) groups is 1. The third kappa shape index (κ3) is 5.24. The second-order valence-corrected chi connectivity index (χ2v) is 15.5. The normalized spacial score (nSPS) is 24.4. The fourth-order valence-corrected chi connectivity index (χ4v) is 9.91. The molecule has 0 radical (unpaired) electrons. The van der Waals surface area contributed by atoms with Crippen LogP contribution in [-0.2, 0) is 9.59 Å². The van der Waals surface area contributed by atoms with Crippen molar-refractivity contribution in [2.24, 2.45) is 10.7 Å². The molecule has 0 aliphatic carbocycles. The molecule has 3 atom stereocenters. The molecule has 3 aromatic carbocycles. The summed E-state index contributed by atoms with van der Waals surface area (Å²) in [5.41, 5.74) is 6.76. The minimum absolute atomic E-state index is 0.0425. The Labute approximate surface area is 292 Å². The first kappa shape index (κ1) is 31.5. The van der Waals surface area contributed by atoms with Crippen LogP contribution in [0.4, 0.5) is 10.2 Å². The predicted octanol–water partition coefficient (Wildman–Crippen LogP) is 4.83. The number of ether oxygens (including phenoxy) is 1. The Morgan fingerprint density at radius 1 is 1.02 bits per heavy atom. The summed E-state index contributed by atoms with van der Waals surface area (Å²) in [4.78, 5) is 45.8. The zero-order valence-corrected chi connectivity index (χ0v) is 28.4. The predicted molar refractivity (Wildman–Crippen MR) is 191 cm³/mol. The van der Waals surface area contributed by atoms with E-state index in [-0.39, 0.29) is 58.3 Å². The number of thioether (sulfide) groups is 1. The van der Waals surface area contributed by atoms with Gasteiger partial charge in [0.2, 0.25) is 5.91 Å². The second-order valence-electron chi connectivity index (χ2n) is 14.3. The van der Waals surface area contributed by atoms with Gasteiger partial charge in [0.1, 0.15) is 28.9 Å². The standard InChI is InChI=1S/C37H38FN7O4S/c38-31-26(28-16-24(46)15-21-5-1-2-6-25(21)28)9-10-27-32(31)40-36(49-20-37-11-3-13-44(37)14-4-12-37)41-33(27)43-18-22-7-8-23(19-43)45(22)30(47)17-29-34(48)42-35(39)50-29/h1-2,5-6,9-10,15-16,22-23,29,46H,3-4,7-8,11-14,17-20H2,(H2,39,42,48). The summed E-state index contributed by atoms with van der Waals surface area (Å²) in [7, 11) is 0. The van der Waals surface area contributed by atoms with Gasteiger partial charge in [0, 0.05) is 42.5 Å². The van der Waals surface area contributed by atoms with Crippen LogP contribution < -0.4 is 15.4 Å². The van der Waals surface area contributed by atoms with Crippen LogP contribution in [0.5, 0.6) is 11.8 Å². The van der Waals surface area contributed by atoms with Crippen molar-refractivity contribution in [2.75, 3.05) is 37.7 Å². The first-order valence-corrected chi connectivity index (χ1v) is 18.4. The lowest BCUT2D eigenvalue weighted by atomic mass is 9.95. The van der Waals surface area contributed by atoms with Crippen LogP contribution >= 0.6 is 11.8 Å². The van der Waals surface area contributed by atoms with Crippen molar-refractivity contribution in [2.45, 2.75) is 67.8 Å². The van der Waals surface area contributed by atoms with Crippen molar-refractivity contribution in [3.05, 3.63) is 54.3 Å². The van der Waals surface area contributed by atoms with E-state index >= 15 is 4.39 Å². The topological polar surface area (TPSA) is 137 Å². The van der Waals surface area contributed by atoms with Crippen LogP contribution in [0.2, 0.25) is 0 Å². The number of aromatic nitrogens is 2. The van der Waals surface area contributed by atoms with E-state index in [2.05, 4.69) is 14.8 Å². The van der Waals surface area contributed by atoms with Crippen LogP contribution in [0.25, 0.3) is 32.8 Å². The zero-order valence-electron chi connectivity index (χ0n) is 27.6. The molecule has 9 rings (SSSR count). The number of carbonyl (C=O) groups excluding carboxylic acids is 2. The Bertz CT molecular complexity index is 2070. The van der Waals surface area contributed by atoms with Gasteiger partial charge in [0.05, 0.1) is 5.54 Å². The number of phenolic OH excluding ortho intramolecular Hbond substituents is 1. The number of nitrogens with two attached hydrogens (primary N) is 1. The zero-order chi connectivity index (χ0) is 34.1. The fourth-order valence-electron chi connectivity index (χ4n) is 9.10. The van der Waals surface area contributed by atoms with Gasteiger partial charge in [-0.05, 0) is 86.1 Å². The Kier molecular flexibility index (Phi) is 7.61. The average Bonchev–Trinajstić information content (AvgIpc) is 3.84. The van der Waals surface area contributed by atoms with Gasteiger partial charge < -0.3 is 25.4 Å². The summed E-state index contributed by atoms with van der Waals surface area (Å²) in [5, 5.41) is 12.4. The number of anilines is 1. The molecule has 1 aromatic heterocycles. The highest BCUT2D eigenvalue weighted by molar-refractivity contribution is 8.15. The van der Waals surface area contributed by atoms with Gasteiger partial charge in [-0.15, -0.1) is 0 Å². The molecule has 0 saturated carbocycles. The summed E-state index contributed by atoms with van der Waals surface area (Å²) in [5.74, 6) is -0.307. The fraction of sp³-hybridized carbons (Fsp3) is 0.432. The van der Waals surface area contributed by atoms with Gasteiger partial charge in [-0.25, -0.2) is 4.39 Å². The third-order valence-corrected chi connectivity index (χ3v) is 12.4. The highest BCUT2D eigenvalue weighted by Crippen LogP contribution is 2.42. The summed E-state index contributed by atoms with van der Waals surface area (Å²) in [6, 6.07) is 14.4. The Balaban J connectivity index is 1.08. The highest BCUT2D eigenvalue weighted by atomic mass is 32.2. The lowest BCUT2D eigenvalue weighted by molar-refractivity contribution is -0.135. The van der Waals surface area contributed by atoms with Crippen molar-refractivity contribution in [3.63, 3.8) is 0 Å². The SMILES string of the molecule is NC1=NC(=O)C(CC(=O)N2C3CCC2CN(c2nc(OCC45CCCN4CCC5)nc4c(F)c(-c5cc(O)cc6ccccc56)ccc24)C3)S1. The number of rotatable bonds is 7. The molecule has 2 bridgehead atoms. The number of piperazine rings is 1. The van der Waals surface area contributed by atoms with Crippen molar-refractivity contribution in [1.82, 2.24) is 19.8 Å². The molecule has 4 aromatic rings. The number of hydrogen-bond acceptors (Lipinski definition) is 10. The van der Waals surface area contributed by atoms with Gasteiger partial charge in [-0.1, -0.05) is 42.1 Å². The summed E-state index contributed by atoms with van der Waals surface area (Å²) < 4.78 is 23.4. The average molecular weight is 696 g/mol. The quantitative estimate of drug-likeness (QED) is 0.277. The molecule has 3 unspecified atom stereocenters. The Morgan fingerprint density at radius 3 is 2.52 bits per heavy atom. The lowest BCUT2D eigenvalue weighted by Crippen LogP contribution is -2.56. The number of phenols is 1. The van der Waals surface area contributed by atoms with Crippen LogP contribution in [0.3, 0.4) is 0 Å². The van der Waals surface area contributed by atoms with Gasteiger partial charge in [-0.3, -0.25) is 14.5 Å². The number of hydrogen-bond donors (Lipinski definition) is 2. The maximum absolute atomic E-state index is 16.9. The number of halogens is 1. The number of amides is 2. The first-order chi connectivity index (χ1) is 24.3. The largest absolute Gasteiger partial charge is 0.508 e. The molecule has 2 amide bonds. The first-order valence-electron chi connectivity index (χ1n) is 17.5. The number of nitrogens with zero attached hydrogens (tertiary/aromatic N) is 6. The van der Waals surface area contributed by atoms with E-state index in [1.807, 2.05) is 35.2 Å². The number of fused-ring (bicyclic) bond motifs is 5. The molecular formula is C37H38FN7O4S. The van der Waals surface area contributed by atoms with Gasteiger partial charge in [0.25, 0.3) is 5.91 Å². The molecule has 50 heavy (non-hydrogen) atoms. The van der Waals surface area contributed by atoms with Crippen molar-refractivity contribution < 1.29 is 23.8 Å². The van der Waals surface area contributed by atoms with E-state index in [0.29, 0.717) is 42.0 Å². The molecule has 11 nitrogen and oxygen atoms in total. The molecule has 5 aliphatic heterocycles. The lowest BCUT2D eigenvalue weighted by Gasteiger charge is -2.42. The molecular weight excluding hydrogens is 658 g/mol. The van der Waals surface area contributed by atoms with E-state index in [1.165, 1.54) is 0 Å². The van der Waals surface area contributed by atoms with Crippen molar-refractivity contribution >= 4 is 56.2 Å². The third-order valence-electron chi connectivity index (χ3n) is 11.4. The van der Waals surface area contributed by atoms with Gasteiger partial charge in [0.15, 0.2) is 11.0 Å². The number of amidine groups is 1. The summed E-state index contributed by atoms with van der Waals surface area (Å²) >= 11 is 1.15. The van der Waals surface area contributed by atoms with E-state index in [9.17, 15) is 14.7 Å². The minimum Gasteiger partial charge on any atom is -0.508 e. The highest BCUT2D eigenvalue weighted by Gasteiger charge is 2.46. The molecule has 258 valence electrons. The van der Waals surface area contributed by atoms with Crippen LogP contribution in [-0.4, -0.2) is 97.5 Å². The molecule has 4 fully saturated rings. The van der Waals surface area contributed by atoms with Crippen molar-refractivity contribution in [1.29, 1.82) is 0 Å². The van der Waals surface area contributed by atoms with Gasteiger partial charge in [-0.2, -0.15) is 15.0 Å². The maximum Gasteiger partial charge on any atom is 0.319 e. The van der Waals surface area contributed by atoms with Crippen LogP contribution in [0, 0.1) is 5.82 Å². The van der Waals surface area contributed by atoms with Crippen LogP contribution in [0.15, 0.2) is 53.5 Å². The molecule has 4 saturated heterocycles. The molecule has 5 aliphatic rings. The molecule has 3 N–H and O–H groups in total. The van der Waals surface area contributed by atoms with E-state index in [1.54, 1.807) is 18.2 Å². The van der Waals surface area contributed by atoms with Crippen molar-refractivity contribution in [3.8, 4) is 22.9 Å². The monoisotopic (exact) mass is 695 g/mol. The van der Waals surface area contributed by atoms with E-state index < -0.39 is 11.1 Å². The van der Waals surface area contributed by atoms with Crippen LogP contribution in [0.1, 0.15) is 44.9 Å². The Morgan fingerprint density at radius 2 is 1.78 bits per heavy atom.